The molecule has 0 atom stereocenters. The Morgan fingerprint density at radius 3 is 2.68 bits per heavy atom. The third-order valence-corrected chi connectivity index (χ3v) is 4.52. The second kappa shape index (κ2) is 9.45. The lowest BCUT2D eigenvalue weighted by Gasteiger charge is -2.27. The number of para-hydroxylation sites is 1. The number of carbonyl (C=O) groups is 2. The van der Waals surface area contributed by atoms with Gasteiger partial charge in [-0.3, -0.25) is 9.59 Å². The van der Waals surface area contributed by atoms with E-state index in [-0.39, 0.29) is 17.7 Å². The van der Waals surface area contributed by atoms with Gasteiger partial charge < -0.3 is 19.5 Å². The van der Waals surface area contributed by atoms with Gasteiger partial charge in [-0.15, -0.1) is 0 Å². The van der Waals surface area contributed by atoms with Crippen LogP contribution in [0, 0.1) is 0 Å². The summed E-state index contributed by atoms with van der Waals surface area (Å²) in [5.74, 6) is 1.19. The number of aryl methyl sites for hydroxylation is 1. The molecule has 1 N–H and O–H groups in total. The molecule has 0 radical (unpaired) electrons. The Bertz CT molecular complexity index is 812. The normalized spacial score (nSPS) is 14.3. The summed E-state index contributed by atoms with van der Waals surface area (Å²) in [4.78, 5) is 31.2. The number of nitrogens with one attached hydrogen (secondary N) is 1. The third kappa shape index (κ3) is 5.16. The molecule has 2 aromatic rings. The molecule has 0 aliphatic carbocycles. The highest BCUT2D eigenvalue weighted by molar-refractivity contribution is 6.03. The van der Waals surface area contributed by atoms with Gasteiger partial charge in [-0.25, -0.2) is 0 Å². The van der Waals surface area contributed by atoms with Crippen molar-refractivity contribution in [3.63, 3.8) is 0 Å². The number of ether oxygens (including phenoxy) is 1. The van der Waals surface area contributed by atoms with Crippen molar-refractivity contribution >= 4 is 17.5 Å². The number of benzene rings is 1. The molecular weight excluding hydrogens is 360 g/mol. The SMILES string of the molecule is CC(C)c1noc(CCCC(=O)Nc2ccccc2C(=O)N2CCOCC2)n1. The highest BCUT2D eigenvalue weighted by atomic mass is 16.5. The summed E-state index contributed by atoms with van der Waals surface area (Å²) in [7, 11) is 0. The van der Waals surface area contributed by atoms with Crippen LogP contribution in [0.15, 0.2) is 28.8 Å². The van der Waals surface area contributed by atoms with Crippen molar-refractivity contribution in [2.45, 2.75) is 39.0 Å². The van der Waals surface area contributed by atoms with E-state index in [9.17, 15) is 9.59 Å². The summed E-state index contributed by atoms with van der Waals surface area (Å²) in [5, 5.41) is 6.77. The lowest BCUT2D eigenvalue weighted by molar-refractivity contribution is -0.116. The van der Waals surface area contributed by atoms with Gasteiger partial charge in [-0.1, -0.05) is 31.1 Å². The molecule has 1 aromatic heterocycles. The predicted molar refractivity (Wildman–Crippen MR) is 103 cm³/mol. The van der Waals surface area contributed by atoms with Gasteiger partial charge in [0.2, 0.25) is 11.8 Å². The molecule has 150 valence electrons. The van der Waals surface area contributed by atoms with E-state index in [1.54, 1.807) is 29.2 Å². The summed E-state index contributed by atoms with van der Waals surface area (Å²) in [5.41, 5.74) is 1.03. The van der Waals surface area contributed by atoms with Crippen molar-refractivity contribution in [3.8, 4) is 0 Å². The van der Waals surface area contributed by atoms with Crippen molar-refractivity contribution in [1.29, 1.82) is 0 Å². The summed E-state index contributed by atoms with van der Waals surface area (Å²) in [6.07, 6.45) is 1.44. The first-order valence-electron chi connectivity index (χ1n) is 9.63. The molecule has 1 aliphatic heterocycles. The molecule has 1 fully saturated rings. The molecule has 2 heterocycles. The zero-order valence-corrected chi connectivity index (χ0v) is 16.3. The van der Waals surface area contributed by atoms with Crippen LogP contribution in [0.2, 0.25) is 0 Å². The molecule has 2 amide bonds. The highest BCUT2D eigenvalue weighted by Gasteiger charge is 2.21. The van der Waals surface area contributed by atoms with Crippen molar-refractivity contribution in [3.05, 3.63) is 41.5 Å². The van der Waals surface area contributed by atoms with E-state index < -0.39 is 0 Å². The Kier molecular flexibility index (Phi) is 6.76. The molecule has 3 rings (SSSR count). The number of morpholine rings is 1. The zero-order valence-electron chi connectivity index (χ0n) is 16.3. The number of aromatic nitrogens is 2. The monoisotopic (exact) mass is 386 g/mol. The molecule has 0 unspecified atom stereocenters. The first-order valence-corrected chi connectivity index (χ1v) is 9.63. The molecule has 1 aromatic carbocycles. The lowest BCUT2D eigenvalue weighted by Crippen LogP contribution is -2.41. The fourth-order valence-electron chi connectivity index (χ4n) is 2.93. The van der Waals surface area contributed by atoms with Gasteiger partial charge in [0.15, 0.2) is 5.82 Å². The molecule has 1 saturated heterocycles. The van der Waals surface area contributed by atoms with Crippen LogP contribution in [0.5, 0.6) is 0 Å². The van der Waals surface area contributed by atoms with Crippen LogP contribution in [0.4, 0.5) is 5.69 Å². The molecule has 1 aliphatic rings. The Hall–Kier alpha value is -2.74. The van der Waals surface area contributed by atoms with E-state index >= 15 is 0 Å². The maximum absolute atomic E-state index is 12.7. The van der Waals surface area contributed by atoms with Crippen molar-refractivity contribution in [1.82, 2.24) is 15.0 Å². The minimum Gasteiger partial charge on any atom is -0.378 e. The number of hydrogen-bond donors (Lipinski definition) is 1. The summed E-state index contributed by atoms with van der Waals surface area (Å²) in [6, 6.07) is 7.08. The molecule has 8 heteroatoms. The highest BCUT2D eigenvalue weighted by Crippen LogP contribution is 2.19. The average molecular weight is 386 g/mol. The van der Waals surface area contributed by atoms with Gasteiger partial charge in [0.05, 0.1) is 24.5 Å². The van der Waals surface area contributed by atoms with E-state index in [0.717, 1.165) is 0 Å². The van der Waals surface area contributed by atoms with E-state index in [1.165, 1.54) is 0 Å². The summed E-state index contributed by atoms with van der Waals surface area (Å²) >= 11 is 0. The second-order valence-electron chi connectivity index (χ2n) is 7.05. The molecule has 0 spiro atoms. The van der Waals surface area contributed by atoms with Crippen LogP contribution in [-0.2, 0) is 16.0 Å². The first-order chi connectivity index (χ1) is 13.5. The fourth-order valence-corrected chi connectivity index (χ4v) is 2.93. The lowest BCUT2D eigenvalue weighted by atomic mass is 10.1. The number of nitrogens with zero attached hydrogens (tertiary/aromatic N) is 3. The van der Waals surface area contributed by atoms with Gasteiger partial charge in [0, 0.05) is 31.8 Å². The smallest absolute Gasteiger partial charge is 0.256 e. The standard InChI is InChI=1S/C20H26N4O4/c1-14(2)19-22-18(28-23-19)9-5-8-17(25)21-16-7-4-3-6-15(16)20(26)24-10-12-27-13-11-24/h3-4,6-7,14H,5,8-13H2,1-2H3,(H,21,25). The molecule has 8 nitrogen and oxygen atoms in total. The molecular formula is C20H26N4O4. The van der Waals surface area contributed by atoms with Crippen LogP contribution >= 0.6 is 0 Å². The minimum atomic E-state index is -0.147. The van der Waals surface area contributed by atoms with Crippen molar-refractivity contribution in [2.24, 2.45) is 0 Å². The van der Waals surface area contributed by atoms with Crippen LogP contribution in [0.3, 0.4) is 0 Å². The van der Waals surface area contributed by atoms with Crippen molar-refractivity contribution < 1.29 is 18.8 Å². The van der Waals surface area contributed by atoms with Crippen LogP contribution < -0.4 is 5.32 Å². The van der Waals surface area contributed by atoms with Crippen LogP contribution in [-0.4, -0.2) is 53.2 Å². The van der Waals surface area contributed by atoms with E-state index in [2.05, 4.69) is 15.5 Å². The summed E-state index contributed by atoms with van der Waals surface area (Å²) in [6.45, 7) is 6.19. The maximum Gasteiger partial charge on any atom is 0.256 e. The minimum absolute atomic E-state index is 0.0914. The Balaban J connectivity index is 1.54. The Morgan fingerprint density at radius 1 is 1.21 bits per heavy atom. The van der Waals surface area contributed by atoms with Crippen LogP contribution in [0.25, 0.3) is 0 Å². The predicted octanol–water partition coefficient (Wildman–Crippen LogP) is 2.63. The number of anilines is 1. The van der Waals surface area contributed by atoms with E-state index in [4.69, 9.17) is 9.26 Å². The molecule has 0 saturated carbocycles. The molecule has 28 heavy (non-hydrogen) atoms. The number of hydrogen-bond acceptors (Lipinski definition) is 6. The van der Waals surface area contributed by atoms with Gasteiger partial charge in [-0.05, 0) is 18.6 Å². The largest absolute Gasteiger partial charge is 0.378 e. The number of amides is 2. The fraction of sp³-hybridized carbons (Fsp3) is 0.500. The number of rotatable bonds is 7. The van der Waals surface area contributed by atoms with Crippen LogP contribution in [0.1, 0.15) is 54.7 Å². The Morgan fingerprint density at radius 2 is 1.96 bits per heavy atom. The zero-order chi connectivity index (χ0) is 19.9. The second-order valence-corrected chi connectivity index (χ2v) is 7.05. The number of carbonyl (C=O) groups excluding carboxylic acids is 2. The topological polar surface area (TPSA) is 97.6 Å². The third-order valence-electron chi connectivity index (χ3n) is 4.52. The van der Waals surface area contributed by atoms with Gasteiger partial charge in [-0.2, -0.15) is 4.98 Å². The molecule has 0 bridgehead atoms. The quantitative estimate of drug-likeness (QED) is 0.786. The van der Waals surface area contributed by atoms with Crippen molar-refractivity contribution in [2.75, 3.05) is 31.6 Å². The van der Waals surface area contributed by atoms with Gasteiger partial charge >= 0.3 is 0 Å². The van der Waals surface area contributed by atoms with E-state index in [0.29, 0.717) is 68.5 Å². The average Bonchev–Trinajstić information content (AvgIpc) is 3.18. The maximum atomic E-state index is 12.7. The van der Waals surface area contributed by atoms with Gasteiger partial charge in [0.1, 0.15) is 0 Å². The first kappa shape index (κ1) is 20.0. The van der Waals surface area contributed by atoms with E-state index in [1.807, 2.05) is 13.8 Å². The Labute approximate surface area is 164 Å². The van der Waals surface area contributed by atoms with Gasteiger partial charge in [0.25, 0.3) is 5.91 Å². The summed E-state index contributed by atoms with van der Waals surface area (Å²) < 4.78 is 10.5.